The van der Waals surface area contributed by atoms with Gasteiger partial charge < -0.3 is 14.0 Å². The lowest BCUT2D eigenvalue weighted by Crippen LogP contribution is -2.26. The normalized spacial score (nSPS) is 21.3. The zero-order chi connectivity index (χ0) is 17.1. The molecule has 1 aliphatic heterocycles. The number of benzene rings is 1. The highest BCUT2D eigenvalue weighted by atomic mass is 19.1. The van der Waals surface area contributed by atoms with Crippen LogP contribution in [0.3, 0.4) is 0 Å². The number of hydrogen-bond donors (Lipinski definition) is 0. The molecular weight excluding hydrogens is 311 g/mol. The topological polar surface area (TPSA) is 52.4 Å². The molecule has 0 radical (unpaired) electrons. The lowest BCUT2D eigenvalue weighted by atomic mass is 10.1. The fourth-order valence-electron chi connectivity index (χ4n) is 3.22. The largest absolute Gasteiger partial charge is 0.491 e. The third-order valence-corrected chi connectivity index (χ3v) is 4.42. The van der Waals surface area contributed by atoms with Crippen LogP contribution in [0.4, 0.5) is 4.39 Å². The van der Waals surface area contributed by atoms with Crippen molar-refractivity contribution in [2.75, 3.05) is 20.3 Å². The maximum absolute atomic E-state index is 14.1. The molecule has 0 saturated carbocycles. The maximum atomic E-state index is 14.1. The van der Waals surface area contributed by atoms with Crippen molar-refractivity contribution in [3.8, 4) is 5.75 Å². The van der Waals surface area contributed by atoms with E-state index in [0.717, 1.165) is 24.4 Å². The number of halogens is 1. The first kappa shape index (κ1) is 16.9. The predicted molar refractivity (Wildman–Crippen MR) is 87.1 cm³/mol. The van der Waals surface area contributed by atoms with Gasteiger partial charge in [0.1, 0.15) is 12.2 Å². The predicted octanol–water partition coefficient (Wildman–Crippen LogP) is 2.31. The van der Waals surface area contributed by atoms with Crippen molar-refractivity contribution in [3.63, 3.8) is 0 Å². The summed E-state index contributed by atoms with van der Waals surface area (Å²) < 4.78 is 26.8. The lowest BCUT2D eigenvalue weighted by molar-refractivity contribution is 0.107. The highest BCUT2D eigenvalue weighted by Gasteiger charge is 2.35. The fraction of sp³-hybridized carbons (Fsp3) is 0.529. The van der Waals surface area contributed by atoms with Crippen LogP contribution in [0, 0.1) is 5.82 Å². The molecule has 1 aromatic carbocycles. The molecule has 2 heterocycles. The van der Waals surface area contributed by atoms with Crippen molar-refractivity contribution in [1.82, 2.24) is 19.7 Å². The van der Waals surface area contributed by atoms with E-state index >= 15 is 0 Å². The molecule has 1 saturated heterocycles. The molecule has 0 N–H and O–H groups in total. The zero-order valence-electron chi connectivity index (χ0n) is 14.3. The molecule has 7 heteroatoms. The summed E-state index contributed by atoms with van der Waals surface area (Å²) >= 11 is 0. The Morgan fingerprint density at radius 1 is 1.38 bits per heavy atom. The number of ether oxygens (including phenoxy) is 2. The molecule has 6 nitrogen and oxygen atoms in total. The summed E-state index contributed by atoms with van der Waals surface area (Å²) in [6.07, 6.45) is 2.69. The quantitative estimate of drug-likeness (QED) is 0.811. The van der Waals surface area contributed by atoms with Crippen LogP contribution in [-0.2, 0) is 18.3 Å². The van der Waals surface area contributed by atoms with Gasteiger partial charge in [-0.2, -0.15) is 0 Å². The van der Waals surface area contributed by atoms with Gasteiger partial charge in [0.15, 0.2) is 11.6 Å². The van der Waals surface area contributed by atoms with E-state index in [2.05, 4.69) is 15.1 Å². The van der Waals surface area contributed by atoms with E-state index in [1.165, 1.54) is 0 Å². The number of likely N-dealkylation sites (tertiary alicyclic amines) is 1. The molecule has 0 amide bonds. The highest BCUT2D eigenvalue weighted by Crippen LogP contribution is 2.33. The summed E-state index contributed by atoms with van der Waals surface area (Å²) in [5, 5.41) is 8.21. The Hall–Kier alpha value is -1.99. The Bertz CT molecular complexity index is 691. The molecule has 130 valence electrons. The van der Waals surface area contributed by atoms with Gasteiger partial charge in [0.25, 0.3) is 0 Å². The van der Waals surface area contributed by atoms with Gasteiger partial charge >= 0.3 is 0 Å². The molecule has 0 aliphatic carbocycles. The molecule has 0 spiro atoms. The molecule has 1 aromatic heterocycles. The third kappa shape index (κ3) is 3.42. The van der Waals surface area contributed by atoms with Crippen LogP contribution < -0.4 is 4.74 Å². The molecule has 0 unspecified atom stereocenters. The van der Waals surface area contributed by atoms with Gasteiger partial charge in [0, 0.05) is 27.2 Å². The molecule has 3 rings (SSSR count). The van der Waals surface area contributed by atoms with Crippen molar-refractivity contribution in [3.05, 3.63) is 41.7 Å². The minimum atomic E-state index is -0.327. The fourth-order valence-corrected chi connectivity index (χ4v) is 3.22. The average molecular weight is 334 g/mol. The number of rotatable bonds is 6. The van der Waals surface area contributed by atoms with Gasteiger partial charge in [0.05, 0.1) is 18.8 Å². The first-order chi connectivity index (χ1) is 11.6. The summed E-state index contributed by atoms with van der Waals surface area (Å²) in [6.45, 7) is 3.70. The van der Waals surface area contributed by atoms with Gasteiger partial charge in [0.2, 0.25) is 0 Å². The van der Waals surface area contributed by atoms with Crippen LogP contribution in [0.15, 0.2) is 24.5 Å². The Labute approximate surface area is 141 Å². The molecule has 1 fully saturated rings. The van der Waals surface area contributed by atoms with E-state index in [1.807, 2.05) is 24.6 Å². The summed E-state index contributed by atoms with van der Waals surface area (Å²) in [6, 6.07) is 5.24. The Balaban J connectivity index is 1.79. The second-order valence-electron chi connectivity index (χ2n) is 6.04. The van der Waals surface area contributed by atoms with E-state index in [4.69, 9.17) is 9.47 Å². The second kappa shape index (κ2) is 7.27. The van der Waals surface area contributed by atoms with Crippen molar-refractivity contribution >= 4 is 0 Å². The molecular formula is C17H23FN4O2. The number of nitrogens with zero attached hydrogens (tertiary/aromatic N) is 4. The number of aryl methyl sites for hydroxylation is 1. The van der Waals surface area contributed by atoms with E-state index in [1.54, 1.807) is 25.6 Å². The maximum Gasteiger partial charge on any atom is 0.165 e. The van der Waals surface area contributed by atoms with Crippen molar-refractivity contribution in [2.45, 2.75) is 32.0 Å². The first-order valence-corrected chi connectivity index (χ1v) is 8.14. The average Bonchev–Trinajstić information content (AvgIpc) is 3.16. The summed E-state index contributed by atoms with van der Waals surface area (Å²) in [7, 11) is 3.66. The van der Waals surface area contributed by atoms with Crippen molar-refractivity contribution in [2.24, 2.45) is 7.05 Å². The smallest absolute Gasteiger partial charge is 0.165 e. The molecule has 1 aliphatic rings. The van der Waals surface area contributed by atoms with Gasteiger partial charge in [-0.25, -0.2) is 4.39 Å². The molecule has 0 bridgehead atoms. The van der Waals surface area contributed by atoms with Crippen LogP contribution in [0.25, 0.3) is 0 Å². The first-order valence-electron chi connectivity index (χ1n) is 8.14. The zero-order valence-corrected chi connectivity index (χ0v) is 14.3. The minimum absolute atomic E-state index is 0.108. The van der Waals surface area contributed by atoms with Crippen LogP contribution >= 0.6 is 0 Å². The van der Waals surface area contributed by atoms with E-state index in [-0.39, 0.29) is 18.0 Å². The van der Waals surface area contributed by atoms with Crippen molar-refractivity contribution in [1.29, 1.82) is 0 Å². The second-order valence-corrected chi connectivity index (χ2v) is 6.04. The van der Waals surface area contributed by atoms with E-state index < -0.39 is 0 Å². The monoisotopic (exact) mass is 334 g/mol. The Morgan fingerprint density at radius 3 is 2.83 bits per heavy atom. The number of aromatic nitrogens is 3. The lowest BCUT2D eigenvalue weighted by Gasteiger charge is -2.23. The van der Waals surface area contributed by atoms with Gasteiger partial charge in [-0.15, -0.1) is 10.2 Å². The number of methoxy groups -OCH3 is 1. The molecule has 2 atom stereocenters. The van der Waals surface area contributed by atoms with Crippen LogP contribution in [-0.4, -0.2) is 46.0 Å². The van der Waals surface area contributed by atoms with Crippen LogP contribution in [0.1, 0.15) is 30.8 Å². The van der Waals surface area contributed by atoms with Gasteiger partial charge in [-0.05, 0) is 31.0 Å². The van der Waals surface area contributed by atoms with E-state index in [9.17, 15) is 4.39 Å². The Morgan fingerprint density at radius 2 is 2.21 bits per heavy atom. The summed E-state index contributed by atoms with van der Waals surface area (Å²) in [5.41, 5.74) is 0.903. The van der Waals surface area contributed by atoms with E-state index in [0.29, 0.717) is 18.9 Å². The molecule has 24 heavy (non-hydrogen) atoms. The summed E-state index contributed by atoms with van der Waals surface area (Å²) in [5.74, 6) is 0.871. The third-order valence-electron chi connectivity index (χ3n) is 4.42. The van der Waals surface area contributed by atoms with Crippen LogP contribution in [0.2, 0.25) is 0 Å². The minimum Gasteiger partial charge on any atom is -0.491 e. The number of hydrogen-bond acceptors (Lipinski definition) is 5. The van der Waals surface area contributed by atoms with Gasteiger partial charge in [-0.3, -0.25) is 4.90 Å². The molecule has 2 aromatic rings. The van der Waals surface area contributed by atoms with Crippen molar-refractivity contribution < 1.29 is 13.9 Å². The highest BCUT2D eigenvalue weighted by molar-refractivity contribution is 5.29. The van der Waals surface area contributed by atoms with Crippen LogP contribution in [0.5, 0.6) is 5.75 Å². The standard InChI is InChI=1S/C17H23FN4O2/c1-4-24-16-6-5-12(7-14(16)18)9-22-10-13(23-3)8-15(22)17-20-19-11-21(17)2/h5-7,11,13,15H,4,8-10H2,1-3H3/t13-,15+/m1/s1. The van der Waals surface area contributed by atoms with Gasteiger partial charge in [-0.1, -0.05) is 6.07 Å². The Kier molecular flexibility index (Phi) is 5.11. The SMILES string of the molecule is CCOc1ccc(CN2C[C@H](OC)C[C@H]2c2nncn2C)cc1F. The summed E-state index contributed by atoms with van der Waals surface area (Å²) in [4.78, 5) is 2.26.